The first-order valence-corrected chi connectivity index (χ1v) is 8.91. The van der Waals surface area contributed by atoms with Gasteiger partial charge in [0.25, 0.3) is 11.7 Å². The topological polar surface area (TPSA) is 58.2 Å². The molecule has 0 bridgehead atoms. The summed E-state index contributed by atoms with van der Waals surface area (Å²) in [4.78, 5) is 23.9. The lowest BCUT2D eigenvalue weighted by molar-refractivity contribution is -0.166. The molecule has 0 spiro atoms. The van der Waals surface area contributed by atoms with E-state index in [1.807, 2.05) is 30.3 Å². The Morgan fingerprint density at radius 2 is 1.43 bits per heavy atom. The Morgan fingerprint density at radius 3 is 2.07 bits per heavy atom. The molecule has 0 fully saturated rings. The van der Waals surface area contributed by atoms with Gasteiger partial charge in [-0.15, -0.1) is 0 Å². The van der Waals surface area contributed by atoms with Crippen molar-refractivity contribution in [3.63, 3.8) is 0 Å². The second kappa shape index (κ2) is 8.29. The fraction of sp³-hybridized carbons (Fsp3) is 0.238. The molecule has 4 nitrogen and oxygen atoms in total. The van der Waals surface area contributed by atoms with E-state index in [0.717, 1.165) is 11.1 Å². The van der Waals surface area contributed by atoms with E-state index >= 15 is 0 Å². The lowest BCUT2D eigenvalue weighted by Gasteiger charge is -2.22. The van der Waals surface area contributed by atoms with E-state index in [2.05, 4.69) is 10.9 Å². The van der Waals surface area contributed by atoms with Gasteiger partial charge in [0.2, 0.25) is 0 Å². The maximum Gasteiger partial charge on any atom is 0.454 e. The molecule has 0 heterocycles. The Hall–Kier alpha value is -3.09. The molecule has 2 aromatic carbocycles. The quantitative estimate of drug-likeness (QED) is 0.739. The van der Waals surface area contributed by atoms with Crippen LogP contribution in [0.1, 0.15) is 36.0 Å². The summed E-state index contributed by atoms with van der Waals surface area (Å²) in [6, 6.07) is 16.5. The molecule has 2 N–H and O–H groups in total. The number of carbonyl (C=O) groups is 2. The van der Waals surface area contributed by atoms with Gasteiger partial charge < -0.3 is 5.43 Å². The lowest BCUT2D eigenvalue weighted by atomic mass is 9.93. The fourth-order valence-electron chi connectivity index (χ4n) is 3.11. The van der Waals surface area contributed by atoms with E-state index in [4.69, 9.17) is 0 Å². The number of halogens is 3. The molecule has 1 aliphatic rings. The number of alkyl halides is 3. The van der Waals surface area contributed by atoms with Crippen LogP contribution in [-0.4, -0.2) is 17.9 Å². The summed E-state index contributed by atoms with van der Waals surface area (Å²) in [5, 5.41) is 0. The molecule has 0 aromatic heterocycles. The van der Waals surface area contributed by atoms with E-state index in [1.165, 1.54) is 0 Å². The number of benzene rings is 2. The van der Waals surface area contributed by atoms with Crippen LogP contribution in [0, 0.1) is 0 Å². The number of hydrazine groups is 1. The zero-order chi connectivity index (χ0) is 20.1. The second-order valence-corrected chi connectivity index (χ2v) is 6.51. The highest BCUT2D eigenvalue weighted by atomic mass is 19.4. The van der Waals surface area contributed by atoms with E-state index in [-0.39, 0.29) is 24.1 Å². The molecule has 28 heavy (non-hydrogen) atoms. The van der Waals surface area contributed by atoms with Crippen LogP contribution >= 0.6 is 0 Å². The maximum absolute atomic E-state index is 12.7. The van der Waals surface area contributed by atoms with Gasteiger partial charge >= 0.3 is 6.18 Å². The van der Waals surface area contributed by atoms with Crippen LogP contribution < -0.4 is 10.9 Å². The van der Waals surface area contributed by atoms with Crippen LogP contribution in [0.2, 0.25) is 0 Å². The van der Waals surface area contributed by atoms with Gasteiger partial charge in [0.15, 0.2) is 0 Å². The third-order valence-electron chi connectivity index (χ3n) is 4.58. The molecule has 0 aliphatic heterocycles. The van der Waals surface area contributed by atoms with E-state index in [9.17, 15) is 22.8 Å². The van der Waals surface area contributed by atoms with Crippen LogP contribution in [-0.2, 0) is 4.79 Å². The van der Waals surface area contributed by atoms with Gasteiger partial charge in [0.1, 0.15) is 0 Å². The molecular weight excluding hydrogens is 369 g/mol. The summed E-state index contributed by atoms with van der Waals surface area (Å²) in [6.45, 7) is 0. The van der Waals surface area contributed by atoms with Crippen LogP contribution in [0.4, 0.5) is 13.2 Å². The molecule has 0 unspecified atom stereocenters. The van der Waals surface area contributed by atoms with Gasteiger partial charge in [0, 0.05) is 16.8 Å². The van der Waals surface area contributed by atoms with Crippen molar-refractivity contribution in [3.05, 3.63) is 71.4 Å². The van der Waals surface area contributed by atoms with Crippen molar-refractivity contribution in [3.8, 4) is 11.1 Å². The van der Waals surface area contributed by atoms with Crippen molar-refractivity contribution in [2.75, 3.05) is 0 Å². The zero-order valence-electron chi connectivity index (χ0n) is 15.0. The molecule has 3 rings (SSSR count). The molecule has 0 saturated carbocycles. The summed E-state index contributed by atoms with van der Waals surface area (Å²) in [5.41, 5.74) is 7.05. The Kier molecular flexibility index (Phi) is 5.82. The first kappa shape index (κ1) is 19.7. The van der Waals surface area contributed by atoms with Gasteiger partial charge in [-0.05, 0) is 48.9 Å². The number of nitrogens with one attached hydrogen (secondary N) is 2. The van der Waals surface area contributed by atoms with Gasteiger partial charge in [-0.2, -0.15) is 13.2 Å². The summed E-state index contributed by atoms with van der Waals surface area (Å²) in [5.74, 6) is -2.34. The van der Waals surface area contributed by atoms with Crippen molar-refractivity contribution in [2.24, 2.45) is 0 Å². The average Bonchev–Trinajstić information content (AvgIpc) is 2.72. The summed E-state index contributed by atoms with van der Waals surface area (Å²) in [7, 11) is 0. The second-order valence-electron chi connectivity index (χ2n) is 6.51. The van der Waals surface area contributed by atoms with Gasteiger partial charge in [-0.3, -0.25) is 15.0 Å². The number of allylic oxidation sites excluding steroid dienone is 2. The summed E-state index contributed by atoms with van der Waals surface area (Å²) in [6.07, 6.45) is -3.43. The number of Topliss-reactive ketones (excluding diaryl/α,β-unsaturated/α-hetero) is 1. The molecule has 1 amide bonds. The molecule has 1 aliphatic carbocycles. The smallest absolute Gasteiger partial charge is 0.302 e. The standard InChI is InChI=1S/C21H19F3N2O2/c22-21(23,24)19(27)17-8-4-5-9-18(17)25-26-20(28)16-12-10-15(11-13-16)14-6-2-1-3-7-14/h1-3,6-7,10-13,25H,4-5,8-9H2,(H,26,28). The van der Waals surface area contributed by atoms with E-state index in [1.54, 1.807) is 24.3 Å². The Labute approximate surface area is 160 Å². The Bertz CT molecular complexity index is 888. The normalized spacial score (nSPS) is 14.5. The number of hydrogen-bond acceptors (Lipinski definition) is 3. The Balaban J connectivity index is 1.69. The lowest BCUT2D eigenvalue weighted by Crippen LogP contribution is -2.39. The molecular formula is C21H19F3N2O2. The largest absolute Gasteiger partial charge is 0.454 e. The predicted octanol–water partition coefficient (Wildman–Crippen LogP) is 4.55. The number of hydrogen-bond donors (Lipinski definition) is 2. The first-order chi connectivity index (χ1) is 13.4. The molecule has 0 atom stereocenters. The third-order valence-corrected chi connectivity index (χ3v) is 4.58. The van der Waals surface area contributed by atoms with Gasteiger partial charge in [0.05, 0.1) is 0 Å². The number of carbonyl (C=O) groups excluding carboxylic acids is 2. The van der Waals surface area contributed by atoms with Crippen LogP contribution in [0.25, 0.3) is 11.1 Å². The van der Waals surface area contributed by atoms with Crippen molar-refractivity contribution in [1.82, 2.24) is 10.9 Å². The van der Waals surface area contributed by atoms with E-state index in [0.29, 0.717) is 18.4 Å². The average molecular weight is 388 g/mol. The molecule has 7 heteroatoms. The fourth-order valence-corrected chi connectivity index (χ4v) is 3.11. The minimum atomic E-state index is -4.92. The minimum absolute atomic E-state index is 0.0440. The van der Waals surface area contributed by atoms with Crippen molar-refractivity contribution < 1.29 is 22.8 Å². The van der Waals surface area contributed by atoms with Crippen LogP contribution in [0.5, 0.6) is 0 Å². The van der Waals surface area contributed by atoms with Crippen molar-refractivity contribution in [2.45, 2.75) is 31.9 Å². The highest BCUT2D eigenvalue weighted by Crippen LogP contribution is 2.30. The van der Waals surface area contributed by atoms with Crippen LogP contribution in [0.15, 0.2) is 65.9 Å². The maximum atomic E-state index is 12.7. The molecule has 2 aromatic rings. The zero-order valence-corrected chi connectivity index (χ0v) is 15.0. The number of ketones is 1. The van der Waals surface area contributed by atoms with Gasteiger partial charge in [-0.1, -0.05) is 42.5 Å². The molecule has 0 radical (unpaired) electrons. The van der Waals surface area contributed by atoms with Gasteiger partial charge in [-0.25, -0.2) is 0 Å². The number of amides is 1. The third kappa shape index (κ3) is 4.60. The van der Waals surface area contributed by atoms with Crippen molar-refractivity contribution in [1.29, 1.82) is 0 Å². The summed E-state index contributed by atoms with van der Waals surface area (Å²) < 4.78 is 38.2. The number of rotatable bonds is 5. The SMILES string of the molecule is O=C(NNC1=C(C(=O)C(F)(F)F)CCCC1)c1ccc(-c2ccccc2)cc1. The monoisotopic (exact) mass is 388 g/mol. The highest BCUT2D eigenvalue weighted by Gasteiger charge is 2.42. The predicted molar refractivity (Wildman–Crippen MR) is 99.0 cm³/mol. The first-order valence-electron chi connectivity index (χ1n) is 8.91. The molecule has 0 saturated heterocycles. The minimum Gasteiger partial charge on any atom is -0.302 e. The van der Waals surface area contributed by atoms with E-state index < -0.39 is 17.9 Å². The van der Waals surface area contributed by atoms with Crippen molar-refractivity contribution >= 4 is 11.7 Å². The molecule has 146 valence electrons. The summed E-state index contributed by atoms with van der Waals surface area (Å²) >= 11 is 0. The van der Waals surface area contributed by atoms with Crippen LogP contribution in [0.3, 0.4) is 0 Å². The Morgan fingerprint density at radius 1 is 0.821 bits per heavy atom. The highest BCUT2D eigenvalue weighted by molar-refractivity contribution is 6.00.